The van der Waals surface area contributed by atoms with E-state index in [4.69, 9.17) is 4.42 Å². The number of halogens is 2. The normalized spacial score (nSPS) is 25.2. The third-order valence-corrected chi connectivity index (χ3v) is 9.04. The monoisotopic (exact) mass is 620 g/mol. The first-order valence-corrected chi connectivity index (χ1v) is 12.8. The fraction of sp³-hybridized carbons (Fsp3) is 0.421. The van der Waals surface area contributed by atoms with Crippen LogP contribution >= 0.6 is 56.3 Å². The number of aromatic nitrogens is 2. The minimum Gasteiger partial charge on any atom is -0.481 e. The van der Waals surface area contributed by atoms with Gasteiger partial charge in [-0.05, 0) is 38.8 Å². The van der Waals surface area contributed by atoms with Gasteiger partial charge >= 0.3 is 5.97 Å². The molecule has 0 spiro atoms. The van der Waals surface area contributed by atoms with Gasteiger partial charge in [0, 0.05) is 31.6 Å². The van der Waals surface area contributed by atoms with Gasteiger partial charge in [-0.15, -0.1) is 11.8 Å². The second-order valence-corrected chi connectivity index (χ2v) is 11.2. The van der Waals surface area contributed by atoms with Crippen LogP contribution in [0.25, 0.3) is 0 Å². The summed E-state index contributed by atoms with van der Waals surface area (Å²) in [5, 5.41) is 10.0. The van der Waals surface area contributed by atoms with Crippen molar-refractivity contribution >= 4 is 74.0 Å². The van der Waals surface area contributed by atoms with Gasteiger partial charge in [0.2, 0.25) is 17.2 Å². The Labute approximate surface area is 214 Å². The molecular formula is C19H18Br2N4O6S2. The quantitative estimate of drug-likeness (QED) is 0.384. The molecule has 14 heteroatoms. The first-order chi connectivity index (χ1) is 15.5. The Morgan fingerprint density at radius 1 is 1.36 bits per heavy atom. The number of pyridine rings is 1. The lowest BCUT2D eigenvalue weighted by atomic mass is 9.83. The number of aliphatic carboxylic acids is 1. The lowest BCUT2D eigenvalue weighted by Crippen LogP contribution is -2.76. The first-order valence-electron chi connectivity index (χ1n) is 9.61. The molecule has 2 aromatic rings. The van der Waals surface area contributed by atoms with Gasteiger partial charge in [0.15, 0.2) is 6.04 Å². The van der Waals surface area contributed by atoms with Crippen molar-refractivity contribution < 1.29 is 23.9 Å². The highest BCUT2D eigenvalue weighted by atomic mass is 79.9. The molecule has 2 aliphatic heterocycles. The zero-order valence-electron chi connectivity index (χ0n) is 17.3. The summed E-state index contributed by atoms with van der Waals surface area (Å²) in [6, 6.07) is -0.858. The Morgan fingerprint density at radius 2 is 2.00 bits per heavy atom. The maximum Gasteiger partial charge on any atom is 0.313 e. The van der Waals surface area contributed by atoms with Crippen LogP contribution in [0.4, 0.5) is 0 Å². The van der Waals surface area contributed by atoms with Crippen molar-refractivity contribution in [2.45, 2.75) is 30.5 Å². The zero-order valence-corrected chi connectivity index (χ0v) is 22.1. The van der Waals surface area contributed by atoms with Crippen LogP contribution in [0.3, 0.4) is 0 Å². The molecule has 2 aromatic heterocycles. The molecule has 2 saturated heterocycles. The van der Waals surface area contributed by atoms with E-state index in [1.807, 2.05) is 0 Å². The van der Waals surface area contributed by atoms with Crippen LogP contribution in [0.1, 0.15) is 23.8 Å². The number of β-lactam (4-membered cyclic amide) rings is 1. The standard InChI is InChI=1S/C19H18Br2N4O6S2/c1-8-5-31-15(22-8)14(32)19(18(29)30)6-24-16(28)12(17(24)33-7-19)25(9(2)26)23-3-10(20)13(27)11(21)4-23/h3-5,12,14,17,32H,6-7H2,1-2H3,(H,29,30)/t12?,14?,17-,19?/m1/s1. The SMILES string of the molecule is CC(=O)N(C1C(=O)N2CC(C(=O)O)(C(S)c3nc(C)co3)CS[C@H]12)n1cc(Br)c(=O)c(Br)c1. The summed E-state index contributed by atoms with van der Waals surface area (Å²) in [5.74, 6) is -1.62. The Morgan fingerprint density at radius 3 is 2.52 bits per heavy atom. The Hall–Kier alpha value is -1.77. The van der Waals surface area contributed by atoms with Gasteiger partial charge in [-0.25, -0.2) is 9.99 Å². The maximum absolute atomic E-state index is 13.2. The second-order valence-electron chi connectivity index (χ2n) is 7.83. The molecule has 0 saturated carbocycles. The molecule has 33 heavy (non-hydrogen) atoms. The Bertz CT molecular complexity index is 1190. The van der Waals surface area contributed by atoms with Crippen LogP contribution in [0.5, 0.6) is 0 Å². The molecule has 1 N–H and O–H groups in total. The minimum atomic E-state index is -1.42. The highest BCUT2D eigenvalue weighted by molar-refractivity contribution is 9.11. The summed E-state index contributed by atoms with van der Waals surface area (Å²) in [5.41, 5.74) is -1.12. The second kappa shape index (κ2) is 8.78. The highest BCUT2D eigenvalue weighted by Crippen LogP contribution is 2.50. The van der Waals surface area contributed by atoms with Crippen molar-refractivity contribution in [3.63, 3.8) is 0 Å². The van der Waals surface area contributed by atoms with Gasteiger partial charge in [0.05, 0.1) is 19.9 Å². The van der Waals surface area contributed by atoms with Crippen molar-refractivity contribution in [1.29, 1.82) is 0 Å². The summed E-state index contributed by atoms with van der Waals surface area (Å²) >= 11 is 12.1. The molecule has 0 aromatic carbocycles. The number of oxazole rings is 1. The van der Waals surface area contributed by atoms with Crippen molar-refractivity contribution in [1.82, 2.24) is 14.6 Å². The molecule has 4 atom stereocenters. The van der Waals surface area contributed by atoms with E-state index in [1.165, 1.54) is 51.9 Å². The van der Waals surface area contributed by atoms with Gasteiger partial charge in [-0.3, -0.25) is 23.9 Å². The topological polar surface area (TPSA) is 126 Å². The molecule has 4 heterocycles. The van der Waals surface area contributed by atoms with Crippen LogP contribution < -0.4 is 10.4 Å². The third-order valence-electron chi connectivity index (χ3n) is 5.66. The number of aryl methyl sites for hydroxylation is 1. The number of hydrogen-bond acceptors (Lipinski definition) is 8. The van der Waals surface area contributed by atoms with Gasteiger partial charge in [-0.2, -0.15) is 12.6 Å². The van der Waals surface area contributed by atoms with E-state index < -0.39 is 39.9 Å². The maximum atomic E-state index is 13.2. The average Bonchev–Trinajstić information content (AvgIpc) is 3.19. The number of carbonyl (C=O) groups excluding carboxylic acids is 2. The molecule has 0 radical (unpaired) electrons. The number of thioether (sulfide) groups is 1. The fourth-order valence-corrected chi connectivity index (χ4v) is 7.20. The van der Waals surface area contributed by atoms with Crippen LogP contribution in [0.2, 0.25) is 0 Å². The molecule has 10 nitrogen and oxygen atoms in total. The van der Waals surface area contributed by atoms with E-state index in [1.54, 1.807) is 6.92 Å². The molecule has 0 aliphatic carbocycles. The average molecular weight is 622 g/mol. The predicted molar refractivity (Wildman–Crippen MR) is 130 cm³/mol. The van der Waals surface area contributed by atoms with Gasteiger partial charge in [0.25, 0.3) is 5.91 Å². The number of carbonyl (C=O) groups is 3. The smallest absolute Gasteiger partial charge is 0.313 e. The largest absolute Gasteiger partial charge is 0.481 e. The van der Waals surface area contributed by atoms with E-state index in [2.05, 4.69) is 49.5 Å². The summed E-state index contributed by atoms with van der Waals surface area (Å²) in [6.07, 6.45) is 4.24. The van der Waals surface area contributed by atoms with E-state index in [-0.39, 0.29) is 32.6 Å². The van der Waals surface area contributed by atoms with Crippen molar-refractivity contribution in [2.75, 3.05) is 17.3 Å². The highest BCUT2D eigenvalue weighted by Gasteiger charge is 2.62. The zero-order chi connectivity index (χ0) is 24.2. The number of amides is 2. The molecule has 0 bridgehead atoms. The lowest BCUT2D eigenvalue weighted by molar-refractivity contribution is -0.158. The molecule has 176 valence electrons. The number of carboxylic acids is 1. The summed E-state index contributed by atoms with van der Waals surface area (Å²) < 4.78 is 7.20. The van der Waals surface area contributed by atoms with E-state index in [0.717, 1.165) is 0 Å². The number of fused-ring (bicyclic) bond motifs is 1. The molecule has 2 fully saturated rings. The molecular weight excluding hydrogens is 604 g/mol. The van der Waals surface area contributed by atoms with Gasteiger partial charge in [0.1, 0.15) is 17.1 Å². The van der Waals surface area contributed by atoms with Crippen molar-refractivity contribution in [3.8, 4) is 0 Å². The van der Waals surface area contributed by atoms with Gasteiger partial charge in [-0.1, -0.05) is 0 Å². The number of nitrogens with zero attached hydrogens (tertiary/aromatic N) is 4. The lowest BCUT2D eigenvalue weighted by Gasteiger charge is -2.56. The summed E-state index contributed by atoms with van der Waals surface area (Å²) in [7, 11) is 0. The Kier molecular flexibility index (Phi) is 6.48. The Balaban J connectivity index is 1.64. The minimum absolute atomic E-state index is 0.103. The number of carboxylic acid groups (broad SMARTS) is 1. The predicted octanol–water partition coefficient (Wildman–Crippen LogP) is 2.18. The van der Waals surface area contributed by atoms with Crippen molar-refractivity contribution in [3.05, 3.63) is 49.4 Å². The van der Waals surface area contributed by atoms with E-state index in [9.17, 15) is 24.3 Å². The van der Waals surface area contributed by atoms with E-state index >= 15 is 0 Å². The van der Waals surface area contributed by atoms with Crippen LogP contribution in [0.15, 0.2) is 36.8 Å². The summed E-state index contributed by atoms with van der Waals surface area (Å²) in [6.45, 7) is 2.94. The number of rotatable bonds is 5. The van der Waals surface area contributed by atoms with Crippen molar-refractivity contribution in [2.24, 2.45) is 5.41 Å². The van der Waals surface area contributed by atoms with Crippen LogP contribution in [-0.4, -0.2) is 61.2 Å². The van der Waals surface area contributed by atoms with Crippen LogP contribution in [-0.2, 0) is 14.4 Å². The third kappa shape index (κ3) is 3.94. The summed E-state index contributed by atoms with van der Waals surface area (Å²) in [4.78, 5) is 55.7. The number of hydrogen-bond donors (Lipinski definition) is 2. The van der Waals surface area contributed by atoms with E-state index in [0.29, 0.717) is 5.69 Å². The molecule has 2 amide bonds. The fourth-order valence-electron chi connectivity index (χ4n) is 3.94. The molecule has 2 aliphatic rings. The van der Waals surface area contributed by atoms with Gasteiger partial charge < -0.3 is 14.4 Å². The number of thiol groups is 1. The molecule has 3 unspecified atom stereocenters. The first kappa shape index (κ1) is 24.4. The molecule has 4 rings (SSSR count). The van der Waals surface area contributed by atoms with Crippen LogP contribution in [0, 0.1) is 12.3 Å².